The van der Waals surface area contributed by atoms with Crippen LogP contribution in [0.25, 0.3) is 0 Å². The van der Waals surface area contributed by atoms with Crippen LogP contribution in [0.5, 0.6) is 0 Å². The van der Waals surface area contributed by atoms with E-state index >= 15 is 0 Å². The second-order valence-electron chi connectivity index (χ2n) is 5.85. The fraction of sp³-hybridized carbons (Fsp3) is 0.471. The molecule has 128 valence electrons. The maximum absolute atomic E-state index is 12.0. The molecule has 1 aliphatic heterocycles. The lowest BCUT2D eigenvalue weighted by Crippen LogP contribution is -2.47. The highest BCUT2D eigenvalue weighted by atomic mass is 16.5. The minimum atomic E-state index is -0.519. The Balaban J connectivity index is 1.72. The molecule has 3 rings (SSSR count). The van der Waals surface area contributed by atoms with Gasteiger partial charge in [-0.1, -0.05) is 0 Å². The summed E-state index contributed by atoms with van der Waals surface area (Å²) in [5.74, 6) is 0.170. The van der Waals surface area contributed by atoms with Crippen molar-refractivity contribution >= 4 is 17.3 Å². The zero-order chi connectivity index (χ0) is 17.1. The number of rotatable bonds is 6. The highest BCUT2D eigenvalue weighted by Gasteiger charge is 2.32. The molecule has 1 saturated heterocycles. The third-order valence-corrected chi connectivity index (χ3v) is 4.26. The van der Waals surface area contributed by atoms with Gasteiger partial charge in [-0.2, -0.15) is 0 Å². The van der Waals surface area contributed by atoms with E-state index in [1.807, 2.05) is 4.90 Å². The van der Waals surface area contributed by atoms with Gasteiger partial charge in [0.05, 0.1) is 25.3 Å². The Kier molecular flexibility index (Phi) is 4.69. The van der Waals surface area contributed by atoms with Gasteiger partial charge < -0.3 is 19.4 Å². The summed E-state index contributed by atoms with van der Waals surface area (Å²) in [6.07, 6.45) is 3.06. The zero-order valence-corrected chi connectivity index (χ0v) is 13.5. The average molecular weight is 332 g/mol. The predicted molar refractivity (Wildman–Crippen MR) is 89.0 cm³/mol. The van der Waals surface area contributed by atoms with E-state index in [-0.39, 0.29) is 11.9 Å². The number of ether oxygens (including phenoxy) is 1. The predicted octanol–water partition coefficient (Wildman–Crippen LogP) is 1.27. The zero-order valence-electron chi connectivity index (χ0n) is 13.5. The van der Waals surface area contributed by atoms with Crippen molar-refractivity contribution < 1.29 is 13.9 Å². The normalized spacial score (nSPS) is 17.9. The maximum atomic E-state index is 12.0. The Hall–Kier alpha value is -2.57. The van der Waals surface area contributed by atoms with Gasteiger partial charge in [0.25, 0.3) is 10.9 Å². The molecule has 1 N–H and O–H groups in total. The smallest absolute Gasteiger partial charge is 0.310 e. The summed E-state index contributed by atoms with van der Waals surface area (Å²) in [7, 11) is 0. The number of carbonyl (C=O) groups is 1. The molecule has 24 heavy (non-hydrogen) atoms. The van der Waals surface area contributed by atoms with Crippen molar-refractivity contribution in [1.82, 2.24) is 0 Å². The molecular formula is C17H20N2O5. The van der Waals surface area contributed by atoms with Crippen LogP contribution in [0.3, 0.4) is 0 Å². The molecule has 0 amide bonds. The first-order valence-electron chi connectivity index (χ1n) is 8.13. The van der Waals surface area contributed by atoms with Crippen LogP contribution in [0.15, 0.2) is 32.4 Å². The minimum absolute atomic E-state index is 0.244. The number of hydrogen-bond donors (Lipinski definition) is 1. The van der Waals surface area contributed by atoms with Crippen LogP contribution in [0.4, 0.5) is 11.4 Å². The van der Waals surface area contributed by atoms with Crippen LogP contribution in [-0.4, -0.2) is 25.7 Å². The molecule has 1 fully saturated rings. The first kappa shape index (κ1) is 16.3. The molecule has 0 unspecified atom stereocenters. The molecule has 2 aromatic rings. The van der Waals surface area contributed by atoms with E-state index in [0.717, 1.165) is 12.8 Å². The van der Waals surface area contributed by atoms with Crippen LogP contribution in [0.2, 0.25) is 0 Å². The van der Waals surface area contributed by atoms with E-state index < -0.39 is 10.9 Å². The molecule has 0 spiro atoms. The van der Waals surface area contributed by atoms with Crippen molar-refractivity contribution in [3.8, 4) is 0 Å². The Morgan fingerprint density at radius 2 is 2.25 bits per heavy atom. The molecule has 0 radical (unpaired) electrons. The van der Waals surface area contributed by atoms with Gasteiger partial charge in [0.1, 0.15) is 17.1 Å². The molecule has 0 aliphatic carbocycles. The van der Waals surface area contributed by atoms with Crippen molar-refractivity contribution in [3.05, 3.63) is 44.6 Å². The molecule has 1 atom stereocenters. The molecule has 7 heteroatoms. The number of anilines is 2. The van der Waals surface area contributed by atoms with Gasteiger partial charge >= 0.3 is 5.97 Å². The van der Waals surface area contributed by atoms with E-state index in [1.54, 1.807) is 25.3 Å². The monoisotopic (exact) mass is 332 g/mol. The molecule has 1 aliphatic rings. The van der Waals surface area contributed by atoms with E-state index in [9.17, 15) is 14.4 Å². The lowest BCUT2D eigenvalue weighted by Gasteiger charge is -2.34. The summed E-state index contributed by atoms with van der Waals surface area (Å²) in [5, 5.41) is 2.98. The van der Waals surface area contributed by atoms with Gasteiger partial charge in [0.15, 0.2) is 0 Å². The van der Waals surface area contributed by atoms with E-state index in [0.29, 0.717) is 43.4 Å². The Morgan fingerprint density at radius 3 is 2.96 bits per heavy atom. The third kappa shape index (κ3) is 3.06. The number of carbonyl (C=O) groups excluding carboxylic acids is 1. The third-order valence-electron chi connectivity index (χ3n) is 4.26. The second kappa shape index (κ2) is 6.90. The fourth-order valence-electron chi connectivity index (χ4n) is 3.07. The van der Waals surface area contributed by atoms with Gasteiger partial charge in [-0.25, -0.2) is 0 Å². The largest absolute Gasteiger partial charge is 0.467 e. The Labute approximate surface area is 138 Å². The van der Waals surface area contributed by atoms with Gasteiger partial charge in [0.2, 0.25) is 0 Å². The lowest BCUT2D eigenvalue weighted by molar-refractivity contribution is -0.148. The molecule has 2 heterocycles. The number of piperidine rings is 1. The van der Waals surface area contributed by atoms with Crippen LogP contribution < -0.4 is 21.1 Å². The number of esters is 1. The number of furan rings is 1. The molecule has 1 aromatic heterocycles. The molecule has 1 aromatic carbocycles. The van der Waals surface area contributed by atoms with E-state index in [2.05, 4.69) is 5.32 Å². The SMILES string of the molecule is CCOC(=O)[C@H]1CCCN(c2c(NCc3ccco3)c(=O)c2=O)C1. The minimum Gasteiger partial charge on any atom is -0.467 e. The second-order valence-corrected chi connectivity index (χ2v) is 5.85. The highest BCUT2D eigenvalue weighted by molar-refractivity contribution is 5.78. The number of nitrogens with one attached hydrogen (secondary N) is 1. The molecule has 0 saturated carbocycles. The van der Waals surface area contributed by atoms with Gasteiger partial charge in [-0.15, -0.1) is 0 Å². The van der Waals surface area contributed by atoms with Crippen LogP contribution in [0.1, 0.15) is 25.5 Å². The maximum Gasteiger partial charge on any atom is 0.310 e. The molecule has 7 nitrogen and oxygen atoms in total. The fourth-order valence-corrected chi connectivity index (χ4v) is 3.07. The average Bonchev–Trinajstić information content (AvgIpc) is 3.11. The Morgan fingerprint density at radius 1 is 1.42 bits per heavy atom. The number of nitrogens with zero attached hydrogens (tertiary/aromatic N) is 1. The summed E-state index contributed by atoms with van der Waals surface area (Å²) in [6.45, 7) is 3.49. The van der Waals surface area contributed by atoms with Crippen LogP contribution in [0, 0.1) is 5.92 Å². The quantitative estimate of drug-likeness (QED) is 0.629. The summed E-state index contributed by atoms with van der Waals surface area (Å²) in [5.41, 5.74) is -0.335. The van der Waals surface area contributed by atoms with Crippen molar-refractivity contribution in [2.45, 2.75) is 26.3 Å². The van der Waals surface area contributed by atoms with Crippen LogP contribution >= 0.6 is 0 Å². The van der Waals surface area contributed by atoms with E-state index in [4.69, 9.17) is 9.15 Å². The van der Waals surface area contributed by atoms with Gasteiger partial charge in [0, 0.05) is 13.1 Å². The van der Waals surface area contributed by atoms with Gasteiger partial charge in [-0.3, -0.25) is 14.4 Å². The molecular weight excluding hydrogens is 312 g/mol. The van der Waals surface area contributed by atoms with Crippen molar-refractivity contribution in [1.29, 1.82) is 0 Å². The lowest BCUT2D eigenvalue weighted by atomic mass is 9.96. The summed E-state index contributed by atoms with van der Waals surface area (Å²) >= 11 is 0. The van der Waals surface area contributed by atoms with Crippen molar-refractivity contribution in [2.75, 3.05) is 29.9 Å². The van der Waals surface area contributed by atoms with Gasteiger partial charge in [-0.05, 0) is 31.9 Å². The first-order chi connectivity index (χ1) is 11.6. The Bertz CT molecular complexity index is 773. The van der Waals surface area contributed by atoms with E-state index in [1.165, 1.54) is 0 Å². The summed E-state index contributed by atoms with van der Waals surface area (Å²) < 4.78 is 10.3. The standard InChI is InChI=1S/C17H20N2O5/c1-2-23-17(22)11-5-3-7-19(10-11)14-13(15(20)16(14)21)18-9-12-6-4-8-24-12/h4,6,8,11,18H,2-3,5,7,9-10H2,1H3/t11-/m0/s1. The van der Waals surface area contributed by atoms with Crippen molar-refractivity contribution in [3.63, 3.8) is 0 Å². The highest BCUT2D eigenvalue weighted by Crippen LogP contribution is 2.27. The van der Waals surface area contributed by atoms with Crippen molar-refractivity contribution in [2.24, 2.45) is 5.92 Å². The summed E-state index contributed by atoms with van der Waals surface area (Å²) in [6, 6.07) is 3.55. The molecule has 0 bridgehead atoms. The topological polar surface area (TPSA) is 88.8 Å². The summed E-state index contributed by atoms with van der Waals surface area (Å²) in [4.78, 5) is 37.6. The first-order valence-corrected chi connectivity index (χ1v) is 8.13. The van der Waals surface area contributed by atoms with Crippen LogP contribution in [-0.2, 0) is 16.1 Å². The number of hydrogen-bond acceptors (Lipinski definition) is 7.